The average molecular weight is 398 g/mol. The zero-order chi connectivity index (χ0) is 18.7. The van der Waals surface area contributed by atoms with Gasteiger partial charge in [0, 0.05) is 37.8 Å². The normalized spacial score (nSPS) is 16.0. The van der Waals surface area contributed by atoms with Crippen molar-refractivity contribution in [3.63, 3.8) is 0 Å². The van der Waals surface area contributed by atoms with Crippen LogP contribution in [-0.2, 0) is 14.8 Å². The van der Waals surface area contributed by atoms with E-state index in [4.69, 9.17) is 16.3 Å². The van der Waals surface area contributed by atoms with E-state index in [0.717, 1.165) is 5.39 Å². The number of piperazine rings is 1. The van der Waals surface area contributed by atoms with Crippen LogP contribution >= 0.6 is 11.6 Å². The molecular formula is C17H20ClN3O4S. The molecule has 1 aliphatic heterocycles. The van der Waals surface area contributed by atoms with Crippen molar-refractivity contribution in [2.75, 3.05) is 38.5 Å². The minimum atomic E-state index is -3.21. The van der Waals surface area contributed by atoms with E-state index in [0.29, 0.717) is 42.5 Å². The number of amides is 1. The molecule has 0 radical (unpaired) electrons. The van der Waals surface area contributed by atoms with Gasteiger partial charge < -0.3 is 9.64 Å². The van der Waals surface area contributed by atoms with Crippen molar-refractivity contribution < 1.29 is 17.9 Å². The third kappa shape index (κ3) is 3.92. The zero-order valence-electron chi connectivity index (χ0n) is 14.4. The third-order valence-electron chi connectivity index (χ3n) is 4.38. The lowest BCUT2D eigenvalue weighted by Crippen LogP contribution is -2.51. The first-order valence-electron chi connectivity index (χ1n) is 8.34. The van der Waals surface area contributed by atoms with Crippen LogP contribution in [0.25, 0.3) is 10.9 Å². The van der Waals surface area contributed by atoms with Crippen molar-refractivity contribution >= 4 is 38.4 Å². The number of fused-ring (bicyclic) bond motifs is 1. The van der Waals surface area contributed by atoms with Crippen LogP contribution in [0, 0.1) is 0 Å². The van der Waals surface area contributed by atoms with Gasteiger partial charge in [0.05, 0.1) is 10.8 Å². The fourth-order valence-electron chi connectivity index (χ4n) is 2.86. The molecule has 2 heterocycles. The Labute approximate surface area is 157 Å². The summed E-state index contributed by atoms with van der Waals surface area (Å²) in [6.45, 7) is 2.84. The summed E-state index contributed by atoms with van der Waals surface area (Å²) in [6, 6.07) is 7.02. The molecular weight excluding hydrogens is 378 g/mol. The number of carbonyl (C=O) groups is 1. The van der Waals surface area contributed by atoms with E-state index in [9.17, 15) is 13.2 Å². The Kier molecular flexibility index (Phi) is 5.64. The molecule has 140 valence electrons. The first-order valence-corrected chi connectivity index (χ1v) is 10.3. The number of benzene rings is 1. The Hall–Kier alpha value is -1.90. The monoisotopic (exact) mass is 397 g/mol. The number of rotatable bonds is 5. The second-order valence-corrected chi connectivity index (χ2v) is 8.58. The number of nitrogens with zero attached hydrogens (tertiary/aromatic N) is 3. The van der Waals surface area contributed by atoms with Gasteiger partial charge in [-0.15, -0.1) is 0 Å². The van der Waals surface area contributed by atoms with Crippen LogP contribution in [0.3, 0.4) is 0 Å². The Balaban J connectivity index is 1.61. The standard InChI is InChI=1S/C17H20ClN3O4S/c1-2-26(23,24)21-10-8-20(9-11-21)16(22)12-25-15-6-5-14(18)13-4-3-7-19-17(13)15/h3-7H,2,8-12H2,1H3. The van der Waals surface area contributed by atoms with Gasteiger partial charge in [0.2, 0.25) is 10.0 Å². The molecule has 1 amide bonds. The predicted octanol–water partition coefficient (Wildman–Crippen LogP) is 1.76. The van der Waals surface area contributed by atoms with Gasteiger partial charge in [-0.25, -0.2) is 8.42 Å². The summed E-state index contributed by atoms with van der Waals surface area (Å²) >= 11 is 6.15. The van der Waals surface area contributed by atoms with Gasteiger partial charge in [0.25, 0.3) is 5.91 Å². The number of carbonyl (C=O) groups excluding carboxylic acids is 1. The fourth-order valence-corrected chi connectivity index (χ4v) is 4.16. The van der Waals surface area contributed by atoms with Gasteiger partial charge in [-0.1, -0.05) is 11.6 Å². The Morgan fingerprint density at radius 1 is 1.23 bits per heavy atom. The molecule has 1 aromatic heterocycles. The molecule has 0 spiro atoms. The summed E-state index contributed by atoms with van der Waals surface area (Å²) < 4.78 is 30.8. The van der Waals surface area contributed by atoms with E-state index in [1.807, 2.05) is 6.07 Å². The molecule has 9 heteroatoms. The molecule has 0 saturated carbocycles. The Bertz CT molecular complexity index is 911. The summed E-state index contributed by atoms with van der Waals surface area (Å²) in [4.78, 5) is 18.3. The van der Waals surface area contributed by atoms with Crippen LogP contribution in [0.5, 0.6) is 5.75 Å². The first-order chi connectivity index (χ1) is 12.4. The van der Waals surface area contributed by atoms with Gasteiger partial charge in [-0.3, -0.25) is 9.78 Å². The van der Waals surface area contributed by atoms with Crippen molar-refractivity contribution in [1.82, 2.24) is 14.2 Å². The van der Waals surface area contributed by atoms with Gasteiger partial charge in [-0.2, -0.15) is 4.31 Å². The summed E-state index contributed by atoms with van der Waals surface area (Å²) in [6.07, 6.45) is 1.64. The minimum Gasteiger partial charge on any atom is -0.481 e. The molecule has 0 aliphatic carbocycles. The maximum absolute atomic E-state index is 12.4. The fraction of sp³-hybridized carbons (Fsp3) is 0.412. The van der Waals surface area contributed by atoms with E-state index >= 15 is 0 Å². The van der Waals surface area contributed by atoms with Crippen LogP contribution < -0.4 is 4.74 Å². The van der Waals surface area contributed by atoms with Gasteiger partial charge in [0.1, 0.15) is 11.3 Å². The molecule has 26 heavy (non-hydrogen) atoms. The molecule has 0 atom stereocenters. The number of pyridine rings is 1. The molecule has 1 aromatic carbocycles. The molecule has 0 N–H and O–H groups in total. The summed E-state index contributed by atoms with van der Waals surface area (Å²) in [5.41, 5.74) is 0.603. The van der Waals surface area contributed by atoms with Gasteiger partial charge in [-0.05, 0) is 31.2 Å². The lowest BCUT2D eigenvalue weighted by atomic mass is 10.2. The molecule has 1 saturated heterocycles. The van der Waals surface area contributed by atoms with Crippen LogP contribution in [0.2, 0.25) is 5.02 Å². The van der Waals surface area contributed by atoms with Crippen LogP contribution in [0.1, 0.15) is 6.92 Å². The second-order valence-electron chi connectivity index (χ2n) is 5.91. The lowest BCUT2D eigenvalue weighted by Gasteiger charge is -2.33. The van der Waals surface area contributed by atoms with Gasteiger partial charge >= 0.3 is 0 Å². The molecule has 1 aliphatic rings. The molecule has 1 fully saturated rings. The number of hydrogen-bond acceptors (Lipinski definition) is 5. The van der Waals surface area contributed by atoms with Crippen molar-refractivity contribution in [1.29, 1.82) is 0 Å². The maximum Gasteiger partial charge on any atom is 0.260 e. The number of halogens is 1. The highest BCUT2D eigenvalue weighted by molar-refractivity contribution is 7.89. The van der Waals surface area contributed by atoms with E-state index in [1.165, 1.54) is 4.31 Å². The van der Waals surface area contributed by atoms with Crippen molar-refractivity contribution in [2.45, 2.75) is 6.92 Å². The molecule has 0 bridgehead atoms. The van der Waals surface area contributed by atoms with E-state index in [2.05, 4.69) is 4.98 Å². The smallest absolute Gasteiger partial charge is 0.260 e. The lowest BCUT2D eigenvalue weighted by molar-refractivity contribution is -0.134. The second kappa shape index (κ2) is 7.77. The number of sulfonamides is 1. The van der Waals surface area contributed by atoms with Crippen LogP contribution in [-0.4, -0.2) is 67.1 Å². The topological polar surface area (TPSA) is 79.8 Å². The number of hydrogen-bond donors (Lipinski definition) is 0. The van der Waals surface area contributed by atoms with Crippen LogP contribution in [0.15, 0.2) is 30.5 Å². The Morgan fingerprint density at radius 3 is 2.65 bits per heavy atom. The average Bonchev–Trinajstić information content (AvgIpc) is 2.67. The summed E-state index contributed by atoms with van der Waals surface area (Å²) in [5.74, 6) is 0.379. The zero-order valence-corrected chi connectivity index (χ0v) is 16.0. The van der Waals surface area contributed by atoms with Crippen molar-refractivity contribution in [3.8, 4) is 5.75 Å². The van der Waals surface area contributed by atoms with E-state index in [-0.39, 0.29) is 18.3 Å². The van der Waals surface area contributed by atoms with Crippen molar-refractivity contribution in [2.24, 2.45) is 0 Å². The highest BCUT2D eigenvalue weighted by Gasteiger charge is 2.27. The summed E-state index contributed by atoms with van der Waals surface area (Å²) in [7, 11) is -3.21. The molecule has 2 aromatic rings. The first kappa shape index (κ1) is 18.9. The third-order valence-corrected chi connectivity index (χ3v) is 6.59. The SMILES string of the molecule is CCS(=O)(=O)N1CCN(C(=O)COc2ccc(Cl)c3cccnc23)CC1. The molecule has 3 rings (SSSR count). The number of aromatic nitrogens is 1. The van der Waals surface area contributed by atoms with Crippen molar-refractivity contribution in [3.05, 3.63) is 35.5 Å². The Morgan fingerprint density at radius 2 is 1.96 bits per heavy atom. The highest BCUT2D eigenvalue weighted by Crippen LogP contribution is 2.29. The van der Waals surface area contributed by atoms with E-state index < -0.39 is 10.0 Å². The quantitative estimate of drug-likeness (QED) is 0.768. The maximum atomic E-state index is 12.4. The summed E-state index contributed by atoms with van der Waals surface area (Å²) in [5, 5.41) is 1.33. The highest BCUT2D eigenvalue weighted by atomic mass is 35.5. The number of ether oxygens (including phenoxy) is 1. The van der Waals surface area contributed by atoms with Gasteiger partial charge in [0.15, 0.2) is 6.61 Å². The predicted molar refractivity (Wildman–Crippen MR) is 99.9 cm³/mol. The minimum absolute atomic E-state index is 0.0701. The van der Waals surface area contributed by atoms with Crippen LogP contribution in [0.4, 0.5) is 0 Å². The molecule has 7 nitrogen and oxygen atoms in total. The van der Waals surface area contributed by atoms with E-state index in [1.54, 1.807) is 36.2 Å². The largest absolute Gasteiger partial charge is 0.481 e. The molecule has 0 unspecified atom stereocenters.